The number of carbonyl (C=O) groups excluding carboxylic acids is 2. The number of Topliss-reactive ketones (excluding diaryl/α,β-unsaturated/α-hetero) is 2. The van der Waals surface area contributed by atoms with Crippen LogP contribution < -0.4 is 9.47 Å². The lowest BCUT2D eigenvalue weighted by molar-refractivity contribution is -0.0520. The van der Waals surface area contributed by atoms with Gasteiger partial charge in [0.15, 0.2) is 12.6 Å². The topological polar surface area (TPSA) is 105 Å². The molecule has 3 aromatic carbocycles. The van der Waals surface area contributed by atoms with E-state index in [2.05, 4.69) is 10.3 Å². The van der Waals surface area contributed by atoms with Crippen LogP contribution in [0.5, 0.6) is 11.5 Å². The molecule has 8 nitrogen and oxygen atoms in total. The first kappa shape index (κ1) is 32.0. The van der Waals surface area contributed by atoms with Crippen molar-refractivity contribution in [3.63, 3.8) is 0 Å². The Balaban J connectivity index is 1.71. The second-order valence-electron chi connectivity index (χ2n) is 11.1. The molecule has 0 spiro atoms. The Hall–Kier alpha value is -4.42. The molecule has 0 N–H and O–H groups in total. The van der Waals surface area contributed by atoms with E-state index in [0.717, 1.165) is 12.8 Å². The van der Waals surface area contributed by atoms with Gasteiger partial charge in [0.1, 0.15) is 17.1 Å². The van der Waals surface area contributed by atoms with Crippen LogP contribution in [0.25, 0.3) is 22.4 Å². The Morgan fingerprint density at radius 3 is 2.33 bits per heavy atom. The molecule has 0 bridgehead atoms. The third-order valence-electron chi connectivity index (χ3n) is 7.42. The van der Waals surface area contributed by atoms with Crippen LogP contribution in [0.1, 0.15) is 65.5 Å². The number of hydrogen-bond donors (Lipinski definition) is 0. The zero-order valence-electron chi connectivity index (χ0n) is 24.8. The molecule has 1 heterocycles. The lowest BCUT2D eigenvalue weighted by Crippen LogP contribution is -2.31. The highest BCUT2D eigenvalue weighted by Crippen LogP contribution is 2.44. The summed E-state index contributed by atoms with van der Waals surface area (Å²) < 4.78 is 86.1. The minimum atomic E-state index is -6.33. The van der Waals surface area contributed by atoms with E-state index in [1.165, 1.54) is 49.1 Å². The highest BCUT2D eigenvalue weighted by Gasteiger charge is 2.51. The Bertz CT molecular complexity index is 1920. The van der Waals surface area contributed by atoms with Crippen molar-refractivity contribution in [1.82, 2.24) is 0 Å². The zero-order valence-corrected chi connectivity index (χ0v) is 25.6. The fourth-order valence-corrected chi connectivity index (χ4v) is 5.69. The molecule has 12 heteroatoms. The number of ether oxygens (including phenoxy) is 3. The third kappa shape index (κ3) is 6.12. The van der Waals surface area contributed by atoms with Crippen LogP contribution in [0.2, 0.25) is 0 Å². The van der Waals surface area contributed by atoms with Gasteiger partial charge in [0.05, 0.1) is 5.57 Å². The summed E-state index contributed by atoms with van der Waals surface area (Å²) in [5.41, 5.74) is -5.86. The maximum absolute atomic E-state index is 13.8. The average molecular weight is 643 g/mol. The molecule has 0 fully saturated rings. The van der Waals surface area contributed by atoms with Gasteiger partial charge >= 0.3 is 15.6 Å². The first-order chi connectivity index (χ1) is 21.2. The summed E-state index contributed by atoms with van der Waals surface area (Å²) in [6.45, 7) is 5.67. The normalized spacial score (nSPS) is 17.9. The summed E-state index contributed by atoms with van der Waals surface area (Å²) in [5.74, 6) is -2.91. The van der Waals surface area contributed by atoms with Crippen molar-refractivity contribution in [2.75, 3.05) is 13.9 Å². The summed E-state index contributed by atoms with van der Waals surface area (Å²) in [7, 11) is -4.99. The van der Waals surface area contributed by atoms with Crippen molar-refractivity contribution in [2.45, 2.75) is 44.7 Å². The fraction of sp³-hybridized carbons (Fsp3) is 0.273. The second kappa shape index (κ2) is 11.8. The van der Waals surface area contributed by atoms with Gasteiger partial charge < -0.3 is 18.4 Å². The van der Waals surface area contributed by atoms with E-state index >= 15 is 0 Å². The molecule has 0 radical (unpaired) electrons. The number of allylic oxidation sites excluding steroid dienone is 4. The minimum absolute atomic E-state index is 0.0657. The zero-order chi connectivity index (χ0) is 32.7. The Morgan fingerprint density at radius 1 is 1.00 bits per heavy atom. The lowest BCUT2D eigenvalue weighted by atomic mass is 9.83. The van der Waals surface area contributed by atoms with E-state index in [4.69, 9.17) is 14.2 Å². The summed E-state index contributed by atoms with van der Waals surface area (Å²) in [6, 6.07) is 11.7. The van der Waals surface area contributed by atoms with Crippen molar-refractivity contribution in [3.05, 3.63) is 94.3 Å². The van der Waals surface area contributed by atoms with E-state index in [-0.39, 0.29) is 29.2 Å². The average Bonchev–Trinajstić information content (AvgIpc) is 2.97. The van der Waals surface area contributed by atoms with Gasteiger partial charge in [-0.1, -0.05) is 48.1 Å². The fourth-order valence-electron chi connectivity index (χ4n) is 5.21. The maximum Gasteiger partial charge on any atom is 0.534 e. The van der Waals surface area contributed by atoms with Gasteiger partial charge in [0.2, 0.25) is 11.5 Å². The second-order valence-corrected chi connectivity index (χ2v) is 12.6. The molecule has 1 aliphatic heterocycles. The number of methoxy groups -OCH3 is 1. The highest BCUT2D eigenvalue weighted by molar-refractivity contribution is 7.87. The molecule has 2 aliphatic rings. The monoisotopic (exact) mass is 642 g/mol. The number of halogens is 3. The number of hydrogen-bond acceptors (Lipinski definition) is 8. The van der Waals surface area contributed by atoms with Crippen LogP contribution in [0, 0.1) is 0 Å². The maximum atomic E-state index is 13.8. The highest BCUT2D eigenvalue weighted by atomic mass is 32.2. The Labute approximate surface area is 257 Å². The molecular formula is C33H29F3O8S. The van der Waals surface area contributed by atoms with Crippen molar-refractivity contribution >= 4 is 44.1 Å². The molecular weight excluding hydrogens is 613 g/mol. The van der Waals surface area contributed by atoms with Crippen LogP contribution in [-0.4, -0.2) is 45.0 Å². The standard InChI is InChI=1S/C33H29F3O8S/c1-19(2)8-7-14-32(3)15-13-21-24-17-27(42-18-41-4)25(16-20(24)11-12-26(21)43-32)28-29(37)22-9-5-6-10-23(22)30(38)31(28)44-45(39,40)33(34,35)36/h5-6,8-13,15-17H,7,14,18H2,1-4H3. The predicted molar refractivity (Wildman–Crippen MR) is 161 cm³/mol. The SMILES string of the molecule is COCOc1cc2c3c(ccc2cc1C1=C(OS(=O)(=O)C(F)(F)F)C(=O)c2ccccc2C1=O)OC(C)(CCC=C(C)C)C=C3. The van der Waals surface area contributed by atoms with Gasteiger partial charge in [-0.05, 0) is 68.7 Å². The van der Waals surface area contributed by atoms with E-state index < -0.39 is 44.1 Å². The quantitative estimate of drug-likeness (QED) is 0.103. The smallest absolute Gasteiger partial charge is 0.483 e. The molecule has 0 saturated heterocycles. The van der Waals surface area contributed by atoms with E-state index in [1.807, 2.05) is 32.9 Å². The molecule has 45 heavy (non-hydrogen) atoms. The molecule has 5 rings (SSSR count). The number of alkyl halides is 3. The van der Waals surface area contributed by atoms with Gasteiger partial charge in [-0.15, -0.1) is 0 Å². The van der Waals surface area contributed by atoms with Crippen molar-refractivity contribution in [2.24, 2.45) is 0 Å². The molecule has 1 aliphatic carbocycles. The molecule has 1 unspecified atom stereocenters. The molecule has 236 valence electrons. The third-order valence-corrected chi connectivity index (χ3v) is 8.37. The van der Waals surface area contributed by atoms with Gasteiger partial charge in [-0.2, -0.15) is 21.6 Å². The van der Waals surface area contributed by atoms with E-state index in [0.29, 0.717) is 22.1 Å². The molecule has 3 aromatic rings. The predicted octanol–water partition coefficient (Wildman–Crippen LogP) is 7.39. The number of rotatable bonds is 9. The molecule has 0 aromatic heterocycles. The van der Waals surface area contributed by atoms with Crippen LogP contribution in [0.4, 0.5) is 13.2 Å². The van der Waals surface area contributed by atoms with E-state index in [1.54, 1.807) is 12.1 Å². The molecule has 1 atom stereocenters. The molecule has 0 amide bonds. The summed E-state index contributed by atoms with van der Waals surface area (Å²) in [4.78, 5) is 27.3. The van der Waals surface area contributed by atoms with Gasteiger partial charge in [-0.25, -0.2) is 0 Å². The lowest BCUT2D eigenvalue weighted by Gasteiger charge is -2.32. The first-order valence-corrected chi connectivity index (χ1v) is 15.2. The number of ketones is 2. The van der Waals surface area contributed by atoms with Crippen LogP contribution in [-0.2, 0) is 19.0 Å². The minimum Gasteiger partial charge on any atom is -0.483 e. The first-order valence-electron chi connectivity index (χ1n) is 13.8. The van der Waals surface area contributed by atoms with Crippen molar-refractivity contribution in [1.29, 1.82) is 0 Å². The van der Waals surface area contributed by atoms with Crippen LogP contribution >= 0.6 is 0 Å². The number of benzene rings is 3. The van der Waals surface area contributed by atoms with Gasteiger partial charge in [0, 0.05) is 29.4 Å². The Kier molecular flexibility index (Phi) is 8.41. The largest absolute Gasteiger partial charge is 0.534 e. The molecule has 0 saturated carbocycles. The van der Waals surface area contributed by atoms with Crippen molar-refractivity contribution in [3.8, 4) is 11.5 Å². The number of carbonyl (C=O) groups is 2. The van der Waals surface area contributed by atoms with Crippen LogP contribution in [0.3, 0.4) is 0 Å². The summed E-state index contributed by atoms with van der Waals surface area (Å²) in [6.07, 6.45) is 7.50. The summed E-state index contributed by atoms with van der Waals surface area (Å²) in [5, 5.41) is 1.10. The van der Waals surface area contributed by atoms with Crippen LogP contribution in [0.15, 0.2) is 72.0 Å². The van der Waals surface area contributed by atoms with Gasteiger partial charge in [-0.3, -0.25) is 9.59 Å². The summed E-state index contributed by atoms with van der Waals surface area (Å²) >= 11 is 0. The van der Waals surface area contributed by atoms with E-state index in [9.17, 15) is 31.2 Å². The number of fused-ring (bicyclic) bond motifs is 4. The van der Waals surface area contributed by atoms with Crippen molar-refractivity contribution < 1.29 is 49.6 Å². The Morgan fingerprint density at radius 2 is 1.69 bits per heavy atom. The van der Waals surface area contributed by atoms with Gasteiger partial charge in [0.25, 0.3) is 0 Å².